The van der Waals surface area contributed by atoms with E-state index < -0.39 is 5.91 Å². The molecule has 31 heavy (non-hydrogen) atoms. The van der Waals surface area contributed by atoms with Gasteiger partial charge in [0.25, 0.3) is 0 Å². The minimum absolute atomic E-state index is 0.177. The second-order valence-electron chi connectivity index (χ2n) is 6.76. The average molecular weight is 433 g/mol. The van der Waals surface area contributed by atoms with Crippen molar-refractivity contribution in [2.75, 3.05) is 11.9 Å². The standard InChI is InChI=1S/C24H21ClN4O2/c1-3-18-10-7-11-20(14-18)27-23(31)15-26-22(30)13-12-21-17(2)28-29(24(21)25)16-19-8-5-4-6-9-19/h1,4-14H,15-16H2,2H3,(H,26,30)(H,27,31)/b13-12+. The molecule has 0 atom stereocenters. The lowest BCUT2D eigenvalue weighted by Crippen LogP contribution is -2.31. The van der Waals surface area contributed by atoms with Gasteiger partial charge >= 0.3 is 0 Å². The topological polar surface area (TPSA) is 76.0 Å². The lowest BCUT2D eigenvalue weighted by atomic mass is 10.2. The van der Waals surface area contributed by atoms with Crippen molar-refractivity contribution in [3.8, 4) is 12.3 Å². The maximum absolute atomic E-state index is 12.1. The SMILES string of the molecule is C#Cc1cccc(NC(=O)CNC(=O)/C=C/c2c(C)nn(Cc3ccccc3)c2Cl)c1. The van der Waals surface area contributed by atoms with Crippen molar-refractivity contribution in [2.45, 2.75) is 13.5 Å². The number of aromatic nitrogens is 2. The van der Waals surface area contributed by atoms with Crippen molar-refractivity contribution < 1.29 is 9.59 Å². The van der Waals surface area contributed by atoms with Crippen LogP contribution in [0.2, 0.25) is 5.15 Å². The van der Waals surface area contributed by atoms with Gasteiger partial charge in [0.15, 0.2) is 0 Å². The number of hydrogen-bond acceptors (Lipinski definition) is 3. The summed E-state index contributed by atoms with van der Waals surface area (Å²) >= 11 is 6.44. The van der Waals surface area contributed by atoms with E-state index in [4.69, 9.17) is 18.0 Å². The van der Waals surface area contributed by atoms with Gasteiger partial charge < -0.3 is 10.6 Å². The van der Waals surface area contributed by atoms with Crippen LogP contribution in [0.4, 0.5) is 5.69 Å². The van der Waals surface area contributed by atoms with Gasteiger partial charge in [-0.05, 0) is 36.8 Å². The Morgan fingerprint density at radius 2 is 1.97 bits per heavy atom. The van der Waals surface area contributed by atoms with E-state index in [0.29, 0.717) is 34.2 Å². The van der Waals surface area contributed by atoms with Gasteiger partial charge in [0.2, 0.25) is 11.8 Å². The maximum Gasteiger partial charge on any atom is 0.244 e. The number of aryl methyl sites for hydroxylation is 1. The van der Waals surface area contributed by atoms with Gasteiger partial charge in [-0.25, -0.2) is 4.68 Å². The van der Waals surface area contributed by atoms with Gasteiger partial charge in [-0.15, -0.1) is 6.42 Å². The first-order valence-corrected chi connectivity index (χ1v) is 9.93. The number of rotatable bonds is 7. The summed E-state index contributed by atoms with van der Waals surface area (Å²) in [5.74, 6) is 1.72. The minimum Gasteiger partial charge on any atom is -0.343 e. The molecule has 0 fully saturated rings. The summed E-state index contributed by atoms with van der Waals surface area (Å²) in [5.41, 5.74) is 3.65. The Morgan fingerprint density at radius 3 is 2.71 bits per heavy atom. The number of carbonyl (C=O) groups is 2. The van der Waals surface area contributed by atoms with Crippen LogP contribution >= 0.6 is 11.6 Å². The van der Waals surface area contributed by atoms with E-state index in [2.05, 4.69) is 21.7 Å². The fraction of sp³-hybridized carbons (Fsp3) is 0.125. The molecule has 0 aliphatic carbocycles. The molecular formula is C24H21ClN4O2. The van der Waals surface area contributed by atoms with Crippen LogP contribution in [0.25, 0.3) is 6.08 Å². The molecule has 0 bridgehead atoms. The molecule has 0 unspecified atom stereocenters. The van der Waals surface area contributed by atoms with Gasteiger partial charge in [-0.2, -0.15) is 5.10 Å². The number of hydrogen-bond donors (Lipinski definition) is 2. The number of nitrogens with one attached hydrogen (secondary N) is 2. The molecule has 1 aromatic heterocycles. The van der Waals surface area contributed by atoms with E-state index >= 15 is 0 Å². The van der Waals surface area contributed by atoms with E-state index in [1.807, 2.05) is 37.3 Å². The van der Waals surface area contributed by atoms with Crippen LogP contribution in [0.1, 0.15) is 22.4 Å². The molecule has 2 aromatic carbocycles. The molecule has 156 valence electrons. The summed E-state index contributed by atoms with van der Waals surface area (Å²) in [6.07, 6.45) is 8.27. The zero-order valence-corrected chi connectivity index (χ0v) is 17.7. The normalized spacial score (nSPS) is 10.6. The first kappa shape index (κ1) is 21.9. The van der Waals surface area contributed by atoms with Crippen molar-refractivity contribution in [3.05, 3.63) is 88.2 Å². The van der Waals surface area contributed by atoms with Gasteiger partial charge in [-0.3, -0.25) is 9.59 Å². The predicted molar refractivity (Wildman–Crippen MR) is 123 cm³/mol. The number of halogens is 1. The third-order valence-electron chi connectivity index (χ3n) is 4.42. The van der Waals surface area contributed by atoms with Gasteiger partial charge in [0, 0.05) is 22.9 Å². The number of nitrogens with zero attached hydrogens (tertiary/aromatic N) is 2. The zero-order valence-electron chi connectivity index (χ0n) is 16.9. The summed E-state index contributed by atoms with van der Waals surface area (Å²) in [6, 6.07) is 16.7. The van der Waals surface area contributed by atoms with Crippen LogP contribution in [0, 0.1) is 19.3 Å². The van der Waals surface area contributed by atoms with Crippen molar-refractivity contribution >= 4 is 35.2 Å². The molecule has 1 heterocycles. The maximum atomic E-state index is 12.1. The molecule has 0 radical (unpaired) electrons. The van der Waals surface area contributed by atoms with Crippen LogP contribution in [0.3, 0.4) is 0 Å². The van der Waals surface area contributed by atoms with Crippen LogP contribution < -0.4 is 10.6 Å². The van der Waals surface area contributed by atoms with Crippen molar-refractivity contribution in [1.29, 1.82) is 0 Å². The summed E-state index contributed by atoms with van der Waals surface area (Å²) < 4.78 is 1.68. The molecule has 7 heteroatoms. The Balaban J connectivity index is 1.56. The molecule has 3 rings (SSSR count). The van der Waals surface area contributed by atoms with E-state index in [1.165, 1.54) is 6.08 Å². The highest BCUT2D eigenvalue weighted by atomic mass is 35.5. The Morgan fingerprint density at radius 1 is 1.19 bits per heavy atom. The second kappa shape index (κ2) is 10.3. The number of benzene rings is 2. The molecule has 0 spiro atoms. The van der Waals surface area contributed by atoms with E-state index in [1.54, 1.807) is 35.0 Å². The van der Waals surface area contributed by atoms with E-state index in [-0.39, 0.29) is 12.5 Å². The Labute approximate surface area is 185 Å². The Kier molecular flexibility index (Phi) is 7.26. The fourth-order valence-electron chi connectivity index (χ4n) is 2.89. The number of carbonyl (C=O) groups excluding carboxylic acids is 2. The largest absolute Gasteiger partial charge is 0.343 e. The molecule has 0 aliphatic rings. The smallest absolute Gasteiger partial charge is 0.244 e. The van der Waals surface area contributed by atoms with Crippen LogP contribution in [-0.2, 0) is 16.1 Å². The van der Waals surface area contributed by atoms with Crippen molar-refractivity contribution in [3.63, 3.8) is 0 Å². The lowest BCUT2D eigenvalue weighted by Gasteiger charge is -2.06. The number of anilines is 1. The first-order chi connectivity index (χ1) is 15.0. The highest BCUT2D eigenvalue weighted by Gasteiger charge is 2.12. The van der Waals surface area contributed by atoms with Crippen molar-refractivity contribution in [2.24, 2.45) is 0 Å². The third-order valence-corrected chi connectivity index (χ3v) is 4.82. The van der Waals surface area contributed by atoms with Gasteiger partial charge in [-0.1, -0.05) is 53.9 Å². The van der Waals surface area contributed by atoms with Gasteiger partial charge in [0.05, 0.1) is 18.8 Å². The highest BCUT2D eigenvalue weighted by Crippen LogP contribution is 2.22. The molecule has 0 saturated heterocycles. The first-order valence-electron chi connectivity index (χ1n) is 9.55. The molecular weight excluding hydrogens is 412 g/mol. The second-order valence-corrected chi connectivity index (χ2v) is 7.12. The fourth-order valence-corrected chi connectivity index (χ4v) is 3.19. The van der Waals surface area contributed by atoms with Crippen LogP contribution in [0.15, 0.2) is 60.7 Å². The number of terminal acetylenes is 1. The summed E-state index contributed by atoms with van der Waals surface area (Å²) in [7, 11) is 0. The predicted octanol–water partition coefficient (Wildman–Crippen LogP) is 3.64. The highest BCUT2D eigenvalue weighted by molar-refractivity contribution is 6.31. The molecule has 2 amide bonds. The minimum atomic E-state index is -0.418. The summed E-state index contributed by atoms with van der Waals surface area (Å²) in [6.45, 7) is 2.17. The van der Waals surface area contributed by atoms with E-state index in [0.717, 1.165) is 5.56 Å². The van der Waals surface area contributed by atoms with Crippen LogP contribution in [-0.4, -0.2) is 28.1 Å². The van der Waals surface area contributed by atoms with Crippen molar-refractivity contribution in [1.82, 2.24) is 15.1 Å². The monoisotopic (exact) mass is 432 g/mol. The third kappa shape index (κ3) is 6.08. The van der Waals surface area contributed by atoms with Gasteiger partial charge in [0.1, 0.15) is 5.15 Å². The molecule has 2 N–H and O–H groups in total. The Bertz CT molecular complexity index is 1160. The summed E-state index contributed by atoms with van der Waals surface area (Å²) in [5, 5.41) is 10.1. The Hall–Kier alpha value is -3.82. The lowest BCUT2D eigenvalue weighted by molar-refractivity contribution is -0.121. The summed E-state index contributed by atoms with van der Waals surface area (Å²) in [4.78, 5) is 24.2. The molecule has 6 nitrogen and oxygen atoms in total. The molecule has 3 aromatic rings. The number of amides is 2. The zero-order chi connectivity index (χ0) is 22.2. The quantitative estimate of drug-likeness (QED) is 0.442. The molecule has 0 aliphatic heterocycles. The average Bonchev–Trinajstić information content (AvgIpc) is 3.04. The van der Waals surface area contributed by atoms with E-state index in [9.17, 15) is 9.59 Å². The molecule has 0 saturated carbocycles. The van der Waals surface area contributed by atoms with Crippen LogP contribution in [0.5, 0.6) is 0 Å².